The summed E-state index contributed by atoms with van der Waals surface area (Å²) in [5.41, 5.74) is 0.509. The maximum absolute atomic E-state index is 12.0. The summed E-state index contributed by atoms with van der Waals surface area (Å²) in [5.74, 6) is 0.651. The van der Waals surface area contributed by atoms with Gasteiger partial charge < -0.3 is 9.80 Å². The molecule has 0 spiro atoms. The van der Waals surface area contributed by atoms with Crippen LogP contribution < -0.4 is 4.90 Å². The molecule has 0 radical (unpaired) electrons. The second kappa shape index (κ2) is 5.62. The number of likely N-dealkylation sites (tertiary alicyclic amines) is 1. The quantitative estimate of drug-likeness (QED) is 0.743. The molecule has 1 aliphatic rings. The van der Waals surface area contributed by atoms with Crippen LogP contribution in [0.25, 0.3) is 0 Å². The average molecular weight is 247 g/mol. The summed E-state index contributed by atoms with van der Waals surface area (Å²) in [4.78, 5) is 30.6. The van der Waals surface area contributed by atoms with E-state index in [9.17, 15) is 9.59 Å². The Bertz CT molecular complexity index is 442. The van der Waals surface area contributed by atoms with E-state index in [0.717, 1.165) is 32.2 Å². The van der Waals surface area contributed by atoms with Gasteiger partial charge in [0.15, 0.2) is 6.29 Å². The minimum Gasteiger partial charge on any atom is -0.350 e. The zero-order chi connectivity index (χ0) is 13.0. The number of pyridine rings is 1. The van der Waals surface area contributed by atoms with E-state index in [0.29, 0.717) is 11.4 Å². The van der Waals surface area contributed by atoms with Crippen LogP contribution in [0.4, 0.5) is 5.82 Å². The van der Waals surface area contributed by atoms with Gasteiger partial charge in [-0.3, -0.25) is 9.59 Å². The van der Waals surface area contributed by atoms with E-state index in [-0.39, 0.29) is 12.5 Å². The Morgan fingerprint density at radius 3 is 2.89 bits per heavy atom. The highest BCUT2D eigenvalue weighted by molar-refractivity contribution is 5.86. The highest BCUT2D eigenvalue weighted by Crippen LogP contribution is 2.14. The van der Waals surface area contributed by atoms with Gasteiger partial charge in [0.1, 0.15) is 5.82 Å². The largest absolute Gasteiger partial charge is 0.350 e. The monoisotopic (exact) mass is 247 g/mol. The minimum atomic E-state index is 0.0949. The van der Waals surface area contributed by atoms with E-state index >= 15 is 0 Å². The third-order valence-electron chi connectivity index (χ3n) is 3.14. The number of anilines is 1. The van der Waals surface area contributed by atoms with Crippen LogP contribution in [-0.2, 0) is 4.79 Å². The van der Waals surface area contributed by atoms with Gasteiger partial charge in [-0.05, 0) is 25.0 Å². The van der Waals surface area contributed by atoms with Crippen molar-refractivity contribution in [3.8, 4) is 0 Å². The van der Waals surface area contributed by atoms with Gasteiger partial charge in [0.2, 0.25) is 5.91 Å². The van der Waals surface area contributed by atoms with E-state index in [1.54, 1.807) is 30.3 Å². The van der Waals surface area contributed by atoms with Gasteiger partial charge in [-0.2, -0.15) is 0 Å². The topological polar surface area (TPSA) is 53.5 Å². The summed E-state index contributed by atoms with van der Waals surface area (Å²) in [6, 6.07) is 3.41. The van der Waals surface area contributed by atoms with Crippen molar-refractivity contribution < 1.29 is 9.59 Å². The molecule has 1 amide bonds. The number of hydrogen-bond donors (Lipinski definition) is 0. The molecule has 0 saturated carbocycles. The van der Waals surface area contributed by atoms with Gasteiger partial charge in [-0.25, -0.2) is 4.98 Å². The summed E-state index contributed by atoms with van der Waals surface area (Å²) in [6.07, 6.45) is 4.55. The molecule has 2 heterocycles. The summed E-state index contributed by atoms with van der Waals surface area (Å²) >= 11 is 0. The number of hydrogen-bond acceptors (Lipinski definition) is 4. The fraction of sp³-hybridized carbons (Fsp3) is 0.462. The van der Waals surface area contributed by atoms with Crippen LogP contribution in [-0.4, -0.2) is 48.8 Å². The second-order valence-corrected chi connectivity index (χ2v) is 4.48. The van der Waals surface area contributed by atoms with Crippen LogP contribution in [0.2, 0.25) is 0 Å². The Kier molecular flexibility index (Phi) is 3.92. The molecule has 1 fully saturated rings. The molecule has 1 aromatic rings. The Balaban J connectivity index is 2.04. The predicted octanol–water partition coefficient (Wildman–Crippen LogP) is 0.953. The molecule has 5 heteroatoms. The summed E-state index contributed by atoms with van der Waals surface area (Å²) in [7, 11) is 1.78. The SMILES string of the molecule is CN(CC(=O)N1CCCC1)c1ncccc1C=O. The van der Waals surface area contributed by atoms with Gasteiger partial charge in [0, 0.05) is 26.3 Å². The van der Waals surface area contributed by atoms with Gasteiger partial charge in [-0.15, -0.1) is 0 Å². The summed E-state index contributed by atoms with van der Waals surface area (Å²) in [6.45, 7) is 1.95. The molecular formula is C13H17N3O2. The van der Waals surface area contributed by atoms with Crippen LogP contribution >= 0.6 is 0 Å². The van der Waals surface area contributed by atoms with Crippen molar-refractivity contribution in [3.05, 3.63) is 23.9 Å². The van der Waals surface area contributed by atoms with Crippen LogP contribution in [0.15, 0.2) is 18.3 Å². The first-order chi connectivity index (χ1) is 8.72. The van der Waals surface area contributed by atoms with Crippen molar-refractivity contribution >= 4 is 18.0 Å². The maximum atomic E-state index is 12.0. The van der Waals surface area contributed by atoms with Crippen LogP contribution in [0.3, 0.4) is 0 Å². The fourth-order valence-electron chi connectivity index (χ4n) is 2.16. The normalized spacial score (nSPS) is 14.6. The number of rotatable bonds is 4. The smallest absolute Gasteiger partial charge is 0.242 e. The highest BCUT2D eigenvalue weighted by Gasteiger charge is 2.20. The lowest BCUT2D eigenvalue weighted by Crippen LogP contribution is -2.37. The molecular weight excluding hydrogens is 230 g/mol. The number of likely N-dealkylation sites (N-methyl/N-ethyl adjacent to an activating group) is 1. The lowest BCUT2D eigenvalue weighted by Gasteiger charge is -2.22. The van der Waals surface area contributed by atoms with Crippen molar-refractivity contribution in [2.75, 3.05) is 31.6 Å². The van der Waals surface area contributed by atoms with E-state index in [2.05, 4.69) is 4.98 Å². The van der Waals surface area contributed by atoms with Gasteiger partial charge in [-0.1, -0.05) is 0 Å². The lowest BCUT2D eigenvalue weighted by molar-refractivity contribution is -0.128. The van der Waals surface area contributed by atoms with E-state index in [4.69, 9.17) is 0 Å². The number of aromatic nitrogens is 1. The van der Waals surface area contributed by atoms with E-state index < -0.39 is 0 Å². The average Bonchev–Trinajstić information content (AvgIpc) is 2.92. The molecule has 18 heavy (non-hydrogen) atoms. The van der Waals surface area contributed by atoms with Gasteiger partial charge in [0.05, 0.1) is 12.1 Å². The first-order valence-electron chi connectivity index (χ1n) is 6.11. The maximum Gasteiger partial charge on any atom is 0.242 e. The number of aldehydes is 1. The van der Waals surface area contributed by atoms with Crippen LogP contribution in [0.1, 0.15) is 23.2 Å². The third kappa shape index (κ3) is 2.67. The summed E-state index contributed by atoms with van der Waals surface area (Å²) in [5, 5.41) is 0. The molecule has 0 aliphatic carbocycles. The third-order valence-corrected chi connectivity index (χ3v) is 3.14. The molecule has 0 N–H and O–H groups in total. The molecule has 5 nitrogen and oxygen atoms in total. The zero-order valence-corrected chi connectivity index (χ0v) is 10.5. The minimum absolute atomic E-state index is 0.0949. The number of carbonyl (C=O) groups excluding carboxylic acids is 2. The van der Waals surface area contributed by atoms with Crippen LogP contribution in [0, 0.1) is 0 Å². The molecule has 0 unspecified atom stereocenters. The first kappa shape index (κ1) is 12.5. The Morgan fingerprint density at radius 1 is 1.50 bits per heavy atom. The van der Waals surface area contributed by atoms with Crippen molar-refractivity contribution in [3.63, 3.8) is 0 Å². The standard InChI is InChI=1S/C13H17N3O2/c1-15(9-12(18)16-7-2-3-8-16)13-11(10-17)5-4-6-14-13/h4-6,10H,2-3,7-9H2,1H3. The zero-order valence-electron chi connectivity index (χ0n) is 10.5. The van der Waals surface area contributed by atoms with Gasteiger partial charge >= 0.3 is 0 Å². The summed E-state index contributed by atoms with van der Waals surface area (Å²) < 4.78 is 0. The molecule has 2 rings (SSSR count). The van der Waals surface area contributed by atoms with E-state index in [1.165, 1.54) is 0 Å². The highest BCUT2D eigenvalue weighted by atomic mass is 16.2. The Labute approximate surface area is 106 Å². The fourth-order valence-corrected chi connectivity index (χ4v) is 2.16. The number of carbonyl (C=O) groups is 2. The van der Waals surface area contributed by atoms with Crippen molar-refractivity contribution in [1.29, 1.82) is 0 Å². The molecule has 0 bridgehead atoms. The molecule has 0 aromatic carbocycles. The lowest BCUT2D eigenvalue weighted by atomic mass is 10.2. The van der Waals surface area contributed by atoms with Crippen LogP contribution in [0.5, 0.6) is 0 Å². The number of amides is 1. The molecule has 1 aliphatic heterocycles. The predicted molar refractivity (Wildman–Crippen MR) is 68.7 cm³/mol. The molecule has 0 atom stereocenters. The van der Waals surface area contributed by atoms with Crippen molar-refractivity contribution in [1.82, 2.24) is 9.88 Å². The van der Waals surface area contributed by atoms with E-state index in [1.807, 2.05) is 4.90 Å². The molecule has 1 saturated heterocycles. The van der Waals surface area contributed by atoms with Gasteiger partial charge in [0.25, 0.3) is 0 Å². The second-order valence-electron chi connectivity index (χ2n) is 4.48. The Morgan fingerprint density at radius 2 is 2.22 bits per heavy atom. The molecule has 1 aromatic heterocycles. The Hall–Kier alpha value is -1.91. The molecule has 96 valence electrons. The van der Waals surface area contributed by atoms with Crippen molar-refractivity contribution in [2.24, 2.45) is 0 Å². The first-order valence-corrected chi connectivity index (χ1v) is 6.11. The number of nitrogens with zero attached hydrogens (tertiary/aromatic N) is 3. The van der Waals surface area contributed by atoms with Crippen molar-refractivity contribution in [2.45, 2.75) is 12.8 Å².